The molecule has 0 aliphatic carbocycles. The van der Waals surface area contributed by atoms with Gasteiger partial charge in [0.2, 0.25) is 0 Å². The molecule has 0 radical (unpaired) electrons. The van der Waals surface area contributed by atoms with Crippen LogP contribution in [-0.4, -0.2) is 10.7 Å². The van der Waals surface area contributed by atoms with Crippen LogP contribution in [0.4, 0.5) is 14.5 Å². The number of benzene rings is 2. The van der Waals surface area contributed by atoms with Crippen molar-refractivity contribution in [2.75, 3.05) is 0 Å². The number of ketones is 1. The van der Waals surface area contributed by atoms with Gasteiger partial charge in [0.25, 0.3) is 5.69 Å². The average molecular weight is 309 g/mol. The van der Waals surface area contributed by atoms with E-state index in [9.17, 15) is 23.7 Å². The van der Waals surface area contributed by atoms with E-state index in [1.54, 1.807) is 0 Å². The highest BCUT2D eigenvalue weighted by molar-refractivity contribution is 7.99. The molecule has 0 atom stereocenters. The summed E-state index contributed by atoms with van der Waals surface area (Å²) in [5, 5.41) is 11.0. The summed E-state index contributed by atoms with van der Waals surface area (Å²) in [5.74, 6) is -1.81. The topological polar surface area (TPSA) is 60.2 Å². The van der Waals surface area contributed by atoms with E-state index in [4.69, 9.17) is 0 Å². The zero-order chi connectivity index (χ0) is 15.6. The maximum atomic E-state index is 13.6. The molecule has 0 N–H and O–H groups in total. The lowest BCUT2D eigenvalue weighted by molar-refractivity contribution is -0.387. The predicted octanol–water partition coefficient (Wildman–Crippen LogP) is 4.23. The van der Waals surface area contributed by atoms with E-state index in [1.165, 1.54) is 31.2 Å². The van der Waals surface area contributed by atoms with Crippen LogP contribution in [0.15, 0.2) is 46.2 Å². The number of halogens is 2. The van der Waals surface area contributed by atoms with Crippen LogP contribution in [0.3, 0.4) is 0 Å². The SMILES string of the molecule is CC(=O)c1ccc([N+](=O)[O-])c(Sc2ccc(F)cc2F)c1. The highest BCUT2D eigenvalue weighted by Gasteiger charge is 2.18. The fourth-order valence-electron chi connectivity index (χ4n) is 1.64. The molecule has 4 nitrogen and oxygen atoms in total. The van der Waals surface area contributed by atoms with Crippen molar-refractivity contribution in [2.45, 2.75) is 16.7 Å². The summed E-state index contributed by atoms with van der Waals surface area (Å²) >= 11 is 0.774. The largest absolute Gasteiger partial charge is 0.295 e. The van der Waals surface area contributed by atoms with Crippen molar-refractivity contribution in [1.29, 1.82) is 0 Å². The molecule has 0 saturated heterocycles. The Morgan fingerprint density at radius 3 is 2.43 bits per heavy atom. The van der Waals surface area contributed by atoms with Crippen LogP contribution < -0.4 is 0 Å². The van der Waals surface area contributed by atoms with Gasteiger partial charge in [-0.05, 0) is 31.2 Å². The van der Waals surface area contributed by atoms with Crippen molar-refractivity contribution in [3.05, 3.63) is 63.7 Å². The Morgan fingerprint density at radius 2 is 1.86 bits per heavy atom. The normalized spacial score (nSPS) is 10.4. The van der Waals surface area contributed by atoms with Gasteiger partial charge in [-0.2, -0.15) is 0 Å². The quantitative estimate of drug-likeness (QED) is 0.482. The van der Waals surface area contributed by atoms with Gasteiger partial charge in [-0.15, -0.1) is 0 Å². The van der Waals surface area contributed by atoms with Gasteiger partial charge >= 0.3 is 0 Å². The summed E-state index contributed by atoms with van der Waals surface area (Å²) in [4.78, 5) is 21.9. The Balaban J connectivity index is 2.48. The van der Waals surface area contributed by atoms with Gasteiger partial charge in [-0.25, -0.2) is 8.78 Å². The Bertz CT molecular complexity index is 734. The fraction of sp³-hybridized carbons (Fsp3) is 0.0714. The van der Waals surface area contributed by atoms with E-state index < -0.39 is 16.6 Å². The number of carbonyl (C=O) groups excluding carboxylic acids is 1. The van der Waals surface area contributed by atoms with Crippen LogP contribution >= 0.6 is 11.8 Å². The Kier molecular flexibility index (Phi) is 4.32. The van der Waals surface area contributed by atoms with Crippen molar-refractivity contribution >= 4 is 23.2 Å². The molecule has 0 aliphatic heterocycles. The summed E-state index contributed by atoms with van der Waals surface area (Å²) in [7, 11) is 0. The van der Waals surface area contributed by atoms with Crippen LogP contribution in [0.5, 0.6) is 0 Å². The average Bonchev–Trinajstić information content (AvgIpc) is 2.41. The Morgan fingerprint density at radius 1 is 1.14 bits per heavy atom. The summed E-state index contributed by atoms with van der Waals surface area (Å²) in [6.45, 7) is 1.33. The Labute approximate surface area is 122 Å². The maximum Gasteiger partial charge on any atom is 0.283 e. The molecule has 2 aromatic rings. The smallest absolute Gasteiger partial charge is 0.283 e. The van der Waals surface area contributed by atoms with Gasteiger partial charge < -0.3 is 0 Å². The van der Waals surface area contributed by atoms with Crippen molar-refractivity contribution < 1.29 is 18.5 Å². The Hall–Kier alpha value is -2.28. The number of Topliss-reactive ketones (excluding diaryl/α,β-unsaturated/α-hetero) is 1. The van der Waals surface area contributed by atoms with Gasteiger partial charge in [0.05, 0.1) is 9.82 Å². The van der Waals surface area contributed by atoms with Gasteiger partial charge in [0.1, 0.15) is 11.6 Å². The molecule has 0 spiro atoms. The first kappa shape index (κ1) is 15.1. The van der Waals surface area contributed by atoms with Crippen molar-refractivity contribution in [1.82, 2.24) is 0 Å². The first-order valence-corrected chi connectivity index (χ1v) is 6.62. The van der Waals surface area contributed by atoms with Crippen LogP contribution in [0, 0.1) is 21.7 Å². The highest BCUT2D eigenvalue weighted by atomic mass is 32.2. The molecule has 21 heavy (non-hydrogen) atoms. The molecule has 108 valence electrons. The number of nitro benzene ring substituents is 1. The number of carbonyl (C=O) groups is 1. The second-order valence-electron chi connectivity index (χ2n) is 4.17. The minimum atomic E-state index is -0.817. The molecule has 2 aromatic carbocycles. The van der Waals surface area contributed by atoms with E-state index in [1.807, 2.05) is 0 Å². The minimum absolute atomic E-state index is 0.0419. The fourth-order valence-corrected chi connectivity index (χ4v) is 2.60. The van der Waals surface area contributed by atoms with Gasteiger partial charge in [-0.3, -0.25) is 14.9 Å². The molecule has 0 unspecified atom stereocenters. The molecule has 0 heterocycles. The van der Waals surface area contributed by atoms with Crippen molar-refractivity contribution in [3.63, 3.8) is 0 Å². The number of hydrogen-bond acceptors (Lipinski definition) is 4. The lowest BCUT2D eigenvalue weighted by Crippen LogP contribution is -1.96. The molecular weight excluding hydrogens is 300 g/mol. The highest BCUT2D eigenvalue weighted by Crippen LogP contribution is 2.36. The van der Waals surface area contributed by atoms with E-state index in [2.05, 4.69) is 0 Å². The molecule has 0 fully saturated rings. The van der Waals surface area contributed by atoms with E-state index in [0.29, 0.717) is 6.07 Å². The second kappa shape index (κ2) is 6.01. The number of nitro groups is 1. The zero-order valence-electron chi connectivity index (χ0n) is 10.8. The molecule has 2 rings (SSSR count). The third-order valence-electron chi connectivity index (χ3n) is 2.68. The number of rotatable bonds is 4. The lowest BCUT2D eigenvalue weighted by atomic mass is 10.1. The van der Waals surface area contributed by atoms with Crippen LogP contribution in [0.2, 0.25) is 0 Å². The van der Waals surface area contributed by atoms with E-state index in [-0.39, 0.29) is 26.8 Å². The van der Waals surface area contributed by atoms with Gasteiger partial charge in [0.15, 0.2) is 5.78 Å². The van der Waals surface area contributed by atoms with E-state index in [0.717, 1.165) is 17.8 Å². The summed E-state index contributed by atoms with van der Waals surface area (Å²) in [5.41, 5.74) is 0.0411. The third-order valence-corrected chi connectivity index (χ3v) is 3.77. The minimum Gasteiger partial charge on any atom is -0.295 e. The maximum absolute atomic E-state index is 13.6. The van der Waals surface area contributed by atoms with Gasteiger partial charge in [0, 0.05) is 22.6 Å². The first-order chi connectivity index (χ1) is 9.88. The molecule has 0 aromatic heterocycles. The van der Waals surface area contributed by atoms with Crippen LogP contribution in [-0.2, 0) is 0 Å². The zero-order valence-corrected chi connectivity index (χ0v) is 11.6. The van der Waals surface area contributed by atoms with Crippen molar-refractivity contribution in [3.8, 4) is 0 Å². The summed E-state index contributed by atoms with van der Waals surface area (Å²) in [6, 6.07) is 6.81. The summed E-state index contributed by atoms with van der Waals surface area (Å²) < 4.78 is 26.5. The molecule has 7 heteroatoms. The molecule has 0 saturated carbocycles. The molecule has 0 bridgehead atoms. The summed E-state index contributed by atoms with van der Waals surface area (Å²) in [6.07, 6.45) is 0. The number of nitrogens with zero attached hydrogens (tertiary/aromatic N) is 1. The van der Waals surface area contributed by atoms with Crippen LogP contribution in [0.25, 0.3) is 0 Å². The van der Waals surface area contributed by atoms with Gasteiger partial charge in [-0.1, -0.05) is 11.8 Å². The molecule has 0 aliphatic rings. The molecule has 0 amide bonds. The monoisotopic (exact) mass is 309 g/mol. The molecular formula is C14H9F2NO3S. The lowest BCUT2D eigenvalue weighted by Gasteiger charge is -2.06. The van der Waals surface area contributed by atoms with E-state index >= 15 is 0 Å². The second-order valence-corrected chi connectivity index (χ2v) is 5.26. The first-order valence-electron chi connectivity index (χ1n) is 5.81. The van der Waals surface area contributed by atoms with Crippen molar-refractivity contribution in [2.24, 2.45) is 0 Å². The number of hydrogen-bond donors (Lipinski definition) is 0. The van der Waals surface area contributed by atoms with Crippen LogP contribution in [0.1, 0.15) is 17.3 Å². The predicted molar refractivity (Wildman–Crippen MR) is 73.6 cm³/mol. The standard InChI is InChI=1S/C14H9F2NO3S/c1-8(18)9-2-4-12(17(19)20)14(6-9)21-13-5-3-10(15)7-11(13)16/h2-7H,1H3. The third kappa shape index (κ3) is 3.43.